The van der Waals surface area contributed by atoms with E-state index >= 15 is 0 Å². The lowest BCUT2D eigenvalue weighted by atomic mass is 9.69. The first-order valence-electron chi connectivity index (χ1n) is 8.58. The van der Waals surface area contributed by atoms with E-state index in [1.165, 1.54) is 25.7 Å². The largest absolute Gasteiger partial charge is 0.395 e. The van der Waals surface area contributed by atoms with E-state index in [0.29, 0.717) is 17.4 Å². The van der Waals surface area contributed by atoms with Crippen molar-refractivity contribution in [3.05, 3.63) is 0 Å². The van der Waals surface area contributed by atoms with E-state index in [4.69, 9.17) is 4.74 Å². The monoisotopic (exact) mass is 300 g/mol. The quantitative estimate of drug-likeness (QED) is 0.649. The Kier molecular flexibility index (Phi) is 8.79. The lowest BCUT2D eigenvalue weighted by Crippen LogP contribution is -2.48. The Morgan fingerprint density at radius 3 is 2.71 bits per heavy atom. The molecule has 0 aromatic carbocycles. The molecule has 0 saturated heterocycles. The van der Waals surface area contributed by atoms with Gasteiger partial charge in [0.2, 0.25) is 0 Å². The number of aliphatic hydroxyl groups excluding tert-OH is 1. The summed E-state index contributed by atoms with van der Waals surface area (Å²) in [7, 11) is 1.74. The molecule has 2 unspecified atom stereocenters. The zero-order valence-corrected chi connectivity index (χ0v) is 14.5. The molecule has 4 heteroatoms. The van der Waals surface area contributed by atoms with Crippen LogP contribution in [0.5, 0.6) is 0 Å². The van der Waals surface area contributed by atoms with Gasteiger partial charge in [0.15, 0.2) is 0 Å². The fraction of sp³-hybridized carbons (Fsp3) is 1.00. The van der Waals surface area contributed by atoms with Crippen LogP contribution in [0.25, 0.3) is 0 Å². The summed E-state index contributed by atoms with van der Waals surface area (Å²) in [5, 5.41) is 13.0. The van der Waals surface area contributed by atoms with Crippen LogP contribution in [0.3, 0.4) is 0 Å². The van der Waals surface area contributed by atoms with Crippen molar-refractivity contribution >= 4 is 0 Å². The average Bonchev–Trinajstić information content (AvgIpc) is 2.43. The van der Waals surface area contributed by atoms with E-state index < -0.39 is 0 Å². The number of nitrogens with zero attached hydrogens (tertiary/aromatic N) is 1. The molecule has 2 atom stereocenters. The Balaban J connectivity index is 2.61. The van der Waals surface area contributed by atoms with Gasteiger partial charge in [-0.25, -0.2) is 0 Å². The molecule has 1 fully saturated rings. The predicted molar refractivity (Wildman–Crippen MR) is 88.6 cm³/mol. The van der Waals surface area contributed by atoms with Crippen molar-refractivity contribution in [2.24, 2.45) is 11.3 Å². The van der Waals surface area contributed by atoms with Crippen LogP contribution in [0.2, 0.25) is 0 Å². The summed E-state index contributed by atoms with van der Waals surface area (Å²) in [4.78, 5) is 2.36. The van der Waals surface area contributed by atoms with Crippen LogP contribution in [0, 0.1) is 11.3 Å². The minimum atomic E-state index is 0.229. The lowest BCUT2D eigenvalue weighted by molar-refractivity contribution is 0.0746. The highest BCUT2D eigenvalue weighted by Gasteiger charge is 2.35. The summed E-state index contributed by atoms with van der Waals surface area (Å²) < 4.78 is 5.20. The maximum Gasteiger partial charge on any atom is 0.0589 e. The Labute approximate surface area is 131 Å². The molecule has 1 aliphatic rings. The summed E-state index contributed by atoms with van der Waals surface area (Å²) in [6.45, 7) is 11.8. The maximum atomic E-state index is 9.28. The average molecular weight is 300 g/mol. The van der Waals surface area contributed by atoms with E-state index in [1.807, 2.05) is 0 Å². The van der Waals surface area contributed by atoms with E-state index in [2.05, 4.69) is 31.0 Å². The zero-order valence-electron chi connectivity index (χ0n) is 14.5. The number of hydrogen-bond donors (Lipinski definition) is 2. The fourth-order valence-electron chi connectivity index (χ4n) is 3.51. The third-order valence-electron chi connectivity index (χ3n) is 4.69. The topological polar surface area (TPSA) is 44.7 Å². The summed E-state index contributed by atoms with van der Waals surface area (Å²) in [6, 6.07) is 0.627. The molecule has 0 aliphatic heterocycles. The number of nitrogens with one attached hydrogen (secondary N) is 1. The highest BCUT2D eigenvalue weighted by Crippen LogP contribution is 2.39. The number of ether oxygens (including phenoxy) is 1. The van der Waals surface area contributed by atoms with E-state index in [-0.39, 0.29) is 6.61 Å². The van der Waals surface area contributed by atoms with Crippen molar-refractivity contribution in [3.8, 4) is 0 Å². The molecule has 1 rings (SSSR count). The Bertz CT molecular complexity index is 272. The summed E-state index contributed by atoms with van der Waals surface area (Å²) in [5.74, 6) is 0.670. The van der Waals surface area contributed by atoms with Crippen molar-refractivity contribution < 1.29 is 9.84 Å². The van der Waals surface area contributed by atoms with Crippen LogP contribution in [0.15, 0.2) is 0 Å². The van der Waals surface area contributed by atoms with Gasteiger partial charge in [-0.2, -0.15) is 0 Å². The number of methoxy groups -OCH3 is 1. The number of rotatable bonds is 10. The highest BCUT2D eigenvalue weighted by molar-refractivity contribution is 4.90. The van der Waals surface area contributed by atoms with Crippen molar-refractivity contribution in [1.29, 1.82) is 0 Å². The first kappa shape index (κ1) is 18.9. The second-order valence-corrected chi connectivity index (χ2v) is 7.24. The molecular formula is C17H36N2O2. The van der Waals surface area contributed by atoms with E-state index in [1.54, 1.807) is 7.11 Å². The Hall–Kier alpha value is -0.160. The van der Waals surface area contributed by atoms with Crippen LogP contribution in [-0.4, -0.2) is 62.6 Å². The van der Waals surface area contributed by atoms with Crippen molar-refractivity contribution in [2.45, 2.75) is 52.5 Å². The molecule has 2 N–H and O–H groups in total. The SMILES string of the molecule is CCCNC1CCC(C)(C)CC1CN(CCO)CCOC. The molecular weight excluding hydrogens is 264 g/mol. The van der Waals surface area contributed by atoms with Crippen LogP contribution in [0.1, 0.15) is 46.5 Å². The van der Waals surface area contributed by atoms with Crippen LogP contribution < -0.4 is 5.32 Å². The summed E-state index contributed by atoms with van der Waals surface area (Å²) in [6.07, 6.45) is 5.04. The summed E-state index contributed by atoms with van der Waals surface area (Å²) in [5.41, 5.74) is 0.446. The smallest absolute Gasteiger partial charge is 0.0589 e. The first-order valence-corrected chi connectivity index (χ1v) is 8.58. The molecule has 1 aliphatic carbocycles. The van der Waals surface area contributed by atoms with Gasteiger partial charge in [-0.1, -0.05) is 20.8 Å². The van der Waals surface area contributed by atoms with Gasteiger partial charge in [-0.15, -0.1) is 0 Å². The summed E-state index contributed by atoms with van der Waals surface area (Å²) >= 11 is 0. The third-order valence-corrected chi connectivity index (χ3v) is 4.69. The first-order chi connectivity index (χ1) is 10.0. The second kappa shape index (κ2) is 9.78. The van der Waals surface area contributed by atoms with Crippen LogP contribution in [-0.2, 0) is 4.74 Å². The molecule has 0 radical (unpaired) electrons. The Morgan fingerprint density at radius 2 is 2.10 bits per heavy atom. The maximum absolute atomic E-state index is 9.28. The van der Waals surface area contributed by atoms with Gasteiger partial charge in [0.1, 0.15) is 0 Å². The normalized spacial score (nSPS) is 25.4. The number of aliphatic hydroxyl groups is 1. The molecule has 21 heavy (non-hydrogen) atoms. The fourth-order valence-corrected chi connectivity index (χ4v) is 3.51. The van der Waals surface area contributed by atoms with Gasteiger partial charge in [0, 0.05) is 32.8 Å². The van der Waals surface area contributed by atoms with Crippen molar-refractivity contribution in [1.82, 2.24) is 10.2 Å². The molecule has 0 aromatic heterocycles. The van der Waals surface area contributed by atoms with Crippen LogP contribution >= 0.6 is 0 Å². The van der Waals surface area contributed by atoms with Gasteiger partial charge in [-0.05, 0) is 43.6 Å². The third kappa shape index (κ3) is 7.09. The van der Waals surface area contributed by atoms with Crippen molar-refractivity contribution in [3.63, 3.8) is 0 Å². The molecule has 1 saturated carbocycles. The zero-order chi connectivity index (χ0) is 15.7. The second-order valence-electron chi connectivity index (χ2n) is 7.24. The van der Waals surface area contributed by atoms with E-state index in [0.717, 1.165) is 32.8 Å². The highest BCUT2D eigenvalue weighted by atomic mass is 16.5. The van der Waals surface area contributed by atoms with Crippen LogP contribution in [0.4, 0.5) is 0 Å². The van der Waals surface area contributed by atoms with E-state index in [9.17, 15) is 5.11 Å². The predicted octanol–water partition coefficient (Wildman–Crippen LogP) is 2.12. The van der Waals surface area contributed by atoms with Gasteiger partial charge in [0.05, 0.1) is 13.2 Å². The van der Waals surface area contributed by atoms with Crippen molar-refractivity contribution in [2.75, 3.05) is 46.5 Å². The molecule has 0 aromatic rings. The Morgan fingerprint density at radius 1 is 1.33 bits per heavy atom. The molecule has 0 amide bonds. The molecule has 0 spiro atoms. The molecule has 126 valence electrons. The molecule has 4 nitrogen and oxygen atoms in total. The van der Waals surface area contributed by atoms with Gasteiger partial charge >= 0.3 is 0 Å². The molecule has 0 heterocycles. The lowest BCUT2D eigenvalue weighted by Gasteiger charge is -2.43. The van der Waals surface area contributed by atoms with Gasteiger partial charge in [0.25, 0.3) is 0 Å². The minimum absolute atomic E-state index is 0.229. The number of hydrogen-bond acceptors (Lipinski definition) is 4. The minimum Gasteiger partial charge on any atom is -0.395 e. The molecule has 0 bridgehead atoms. The van der Waals surface area contributed by atoms with Gasteiger partial charge < -0.3 is 15.2 Å². The van der Waals surface area contributed by atoms with Gasteiger partial charge in [-0.3, -0.25) is 4.90 Å². The standard InChI is InChI=1S/C17H36N2O2/c1-5-8-18-16-6-7-17(2,3)13-15(16)14-19(9-11-20)10-12-21-4/h15-16,18,20H,5-14H2,1-4H3.